The fraction of sp³-hybridized carbons (Fsp3) is 0.533. The number of amides is 1. The molecule has 3 heteroatoms. The van der Waals surface area contributed by atoms with Crippen molar-refractivity contribution in [1.82, 2.24) is 10.6 Å². The molecule has 0 spiro atoms. The number of aryl methyl sites for hydroxylation is 2. The highest BCUT2D eigenvalue weighted by molar-refractivity contribution is 5.82. The highest BCUT2D eigenvalue weighted by atomic mass is 16.2. The quantitative estimate of drug-likeness (QED) is 0.858. The van der Waals surface area contributed by atoms with Crippen LogP contribution in [0, 0.1) is 13.8 Å². The Morgan fingerprint density at radius 2 is 2.22 bits per heavy atom. The number of nitrogens with one attached hydrogen (secondary N) is 2. The summed E-state index contributed by atoms with van der Waals surface area (Å²) in [5, 5.41) is 6.32. The average Bonchev–Trinajstić information content (AvgIpc) is 2.81. The lowest BCUT2D eigenvalue weighted by molar-refractivity contribution is -0.123. The Kier molecular flexibility index (Phi) is 4.02. The van der Waals surface area contributed by atoms with Crippen LogP contribution >= 0.6 is 0 Å². The van der Waals surface area contributed by atoms with E-state index < -0.39 is 0 Å². The summed E-state index contributed by atoms with van der Waals surface area (Å²) >= 11 is 0. The summed E-state index contributed by atoms with van der Waals surface area (Å²) in [6.07, 6.45) is 2.04. The molecule has 1 aromatic rings. The predicted molar refractivity (Wildman–Crippen MR) is 73.5 cm³/mol. The summed E-state index contributed by atoms with van der Waals surface area (Å²) in [5.74, 6) is 0.125. The lowest BCUT2D eigenvalue weighted by Gasteiger charge is -2.19. The van der Waals surface area contributed by atoms with Crippen LogP contribution in [-0.2, 0) is 4.79 Å². The van der Waals surface area contributed by atoms with Crippen LogP contribution < -0.4 is 10.6 Å². The van der Waals surface area contributed by atoms with Crippen LogP contribution in [0.2, 0.25) is 0 Å². The molecule has 1 amide bonds. The van der Waals surface area contributed by atoms with Gasteiger partial charge in [0, 0.05) is 0 Å². The molecule has 1 fully saturated rings. The van der Waals surface area contributed by atoms with Gasteiger partial charge in [-0.25, -0.2) is 0 Å². The number of hydrogen-bond donors (Lipinski definition) is 2. The van der Waals surface area contributed by atoms with Gasteiger partial charge in [-0.1, -0.05) is 23.8 Å². The third-order valence-electron chi connectivity index (χ3n) is 3.63. The maximum absolute atomic E-state index is 12.0. The van der Waals surface area contributed by atoms with E-state index in [1.807, 2.05) is 6.92 Å². The molecule has 3 nitrogen and oxygen atoms in total. The van der Waals surface area contributed by atoms with Gasteiger partial charge in [0.15, 0.2) is 0 Å². The Balaban J connectivity index is 2.02. The van der Waals surface area contributed by atoms with Crippen molar-refractivity contribution < 1.29 is 4.79 Å². The van der Waals surface area contributed by atoms with Gasteiger partial charge in [0.25, 0.3) is 0 Å². The van der Waals surface area contributed by atoms with Crippen LogP contribution in [0.25, 0.3) is 0 Å². The zero-order valence-corrected chi connectivity index (χ0v) is 11.4. The molecule has 0 radical (unpaired) electrons. The second kappa shape index (κ2) is 5.53. The van der Waals surface area contributed by atoms with E-state index in [2.05, 4.69) is 42.7 Å². The molecule has 18 heavy (non-hydrogen) atoms. The summed E-state index contributed by atoms with van der Waals surface area (Å²) in [4.78, 5) is 12.0. The number of benzene rings is 1. The van der Waals surface area contributed by atoms with E-state index in [4.69, 9.17) is 0 Å². The van der Waals surface area contributed by atoms with Gasteiger partial charge in [-0.15, -0.1) is 0 Å². The highest BCUT2D eigenvalue weighted by Crippen LogP contribution is 2.19. The first-order chi connectivity index (χ1) is 8.58. The predicted octanol–water partition coefficient (Wildman–Crippen LogP) is 2.23. The molecule has 0 aliphatic carbocycles. The van der Waals surface area contributed by atoms with Crippen LogP contribution in [0.3, 0.4) is 0 Å². The normalized spacial score (nSPS) is 20.7. The molecular weight excluding hydrogens is 224 g/mol. The number of carbonyl (C=O) groups is 1. The van der Waals surface area contributed by atoms with Crippen LogP contribution in [0.5, 0.6) is 0 Å². The lowest BCUT2D eigenvalue weighted by Crippen LogP contribution is -2.41. The van der Waals surface area contributed by atoms with Crippen molar-refractivity contribution in [2.75, 3.05) is 6.54 Å². The first kappa shape index (κ1) is 13.1. The van der Waals surface area contributed by atoms with E-state index in [1.165, 1.54) is 16.7 Å². The summed E-state index contributed by atoms with van der Waals surface area (Å²) in [6.45, 7) is 7.18. The standard InChI is InChI=1S/C15H22N2O/c1-10-6-7-13(11(2)9-10)12(3)17-15(18)14-5-4-8-16-14/h6-7,9,12,14,16H,4-5,8H2,1-3H3,(H,17,18). The molecule has 2 atom stereocenters. The maximum Gasteiger partial charge on any atom is 0.237 e. The number of rotatable bonds is 3. The van der Waals surface area contributed by atoms with Crippen molar-refractivity contribution in [3.05, 3.63) is 34.9 Å². The molecule has 2 rings (SSSR count). The molecule has 0 bridgehead atoms. The second-order valence-electron chi connectivity index (χ2n) is 5.24. The summed E-state index contributed by atoms with van der Waals surface area (Å²) < 4.78 is 0. The van der Waals surface area contributed by atoms with Crippen LogP contribution in [0.15, 0.2) is 18.2 Å². The van der Waals surface area contributed by atoms with Gasteiger partial charge in [-0.3, -0.25) is 4.79 Å². The Labute approximate surface area is 109 Å². The molecule has 1 aliphatic rings. The van der Waals surface area contributed by atoms with Crippen molar-refractivity contribution in [1.29, 1.82) is 0 Å². The molecular formula is C15H22N2O. The second-order valence-corrected chi connectivity index (χ2v) is 5.24. The van der Waals surface area contributed by atoms with Crippen LogP contribution in [-0.4, -0.2) is 18.5 Å². The fourth-order valence-corrected chi connectivity index (χ4v) is 2.61. The van der Waals surface area contributed by atoms with Gasteiger partial charge in [0.05, 0.1) is 12.1 Å². The van der Waals surface area contributed by atoms with Gasteiger partial charge in [-0.05, 0) is 51.3 Å². The molecule has 1 saturated heterocycles. The van der Waals surface area contributed by atoms with Crippen LogP contribution in [0.1, 0.15) is 42.5 Å². The zero-order valence-electron chi connectivity index (χ0n) is 11.4. The van der Waals surface area contributed by atoms with Gasteiger partial charge in [0.1, 0.15) is 0 Å². The lowest BCUT2D eigenvalue weighted by atomic mass is 10.00. The van der Waals surface area contributed by atoms with E-state index in [-0.39, 0.29) is 18.0 Å². The number of hydrogen-bond acceptors (Lipinski definition) is 2. The molecule has 1 aliphatic heterocycles. The monoisotopic (exact) mass is 246 g/mol. The van der Waals surface area contributed by atoms with Gasteiger partial charge < -0.3 is 10.6 Å². The van der Waals surface area contributed by atoms with E-state index in [9.17, 15) is 4.79 Å². The molecule has 1 aromatic carbocycles. The third kappa shape index (κ3) is 2.91. The molecule has 0 aromatic heterocycles. The Hall–Kier alpha value is -1.35. The van der Waals surface area contributed by atoms with Crippen molar-refractivity contribution in [2.24, 2.45) is 0 Å². The molecule has 1 heterocycles. The average molecular weight is 246 g/mol. The first-order valence-electron chi connectivity index (χ1n) is 6.69. The van der Waals surface area contributed by atoms with Gasteiger partial charge in [0.2, 0.25) is 5.91 Å². The van der Waals surface area contributed by atoms with Gasteiger partial charge in [-0.2, -0.15) is 0 Å². The fourth-order valence-electron chi connectivity index (χ4n) is 2.61. The first-order valence-corrected chi connectivity index (χ1v) is 6.69. The Bertz CT molecular complexity index is 436. The minimum Gasteiger partial charge on any atom is -0.348 e. The van der Waals surface area contributed by atoms with Crippen molar-refractivity contribution >= 4 is 5.91 Å². The minimum atomic E-state index is -0.00166. The van der Waals surface area contributed by atoms with E-state index in [0.717, 1.165) is 19.4 Å². The molecule has 0 saturated carbocycles. The van der Waals surface area contributed by atoms with E-state index >= 15 is 0 Å². The van der Waals surface area contributed by atoms with Crippen molar-refractivity contribution in [3.8, 4) is 0 Å². The topological polar surface area (TPSA) is 41.1 Å². The largest absolute Gasteiger partial charge is 0.348 e. The van der Waals surface area contributed by atoms with Gasteiger partial charge >= 0.3 is 0 Å². The molecule has 2 unspecified atom stereocenters. The summed E-state index contributed by atoms with van der Waals surface area (Å²) in [6, 6.07) is 6.43. The minimum absolute atomic E-state index is 0.00166. The Morgan fingerprint density at radius 3 is 2.83 bits per heavy atom. The van der Waals surface area contributed by atoms with Crippen molar-refractivity contribution in [3.63, 3.8) is 0 Å². The van der Waals surface area contributed by atoms with E-state index in [1.54, 1.807) is 0 Å². The highest BCUT2D eigenvalue weighted by Gasteiger charge is 2.23. The number of carbonyl (C=O) groups excluding carboxylic acids is 1. The summed E-state index contributed by atoms with van der Waals surface area (Å²) in [7, 11) is 0. The maximum atomic E-state index is 12.0. The summed E-state index contributed by atoms with van der Waals surface area (Å²) in [5.41, 5.74) is 3.70. The Morgan fingerprint density at radius 1 is 1.44 bits per heavy atom. The van der Waals surface area contributed by atoms with Crippen molar-refractivity contribution in [2.45, 2.75) is 45.7 Å². The van der Waals surface area contributed by atoms with Crippen LogP contribution in [0.4, 0.5) is 0 Å². The zero-order chi connectivity index (χ0) is 13.1. The smallest absolute Gasteiger partial charge is 0.237 e. The molecule has 98 valence electrons. The third-order valence-corrected chi connectivity index (χ3v) is 3.63. The van der Waals surface area contributed by atoms with E-state index in [0.29, 0.717) is 0 Å². The SMILES string of the molecule is Cc1ccc(C(C)NC(=O)C2CCCN2)c(C)c1. The molecule has 2 N–H and O–H groups in total.